The number of rotatable bonds is 8. The average molecular weight is 419 g/mol. The highest BCUT2D eigenvalue weighted by Crippen LogP contribution is 2.17. The minimum Gasteiger partial charge on any atom is -0.494 e. The van der Waals surface area contributed by atoms with E-state index in [1.54, 1.807) is 36.4 Å². The van der Waals surface area contributed by atoms with Crippen LogP contribution >= 0.6 is 11.3 Å². The standard InChI is InChI=1S/C18H18N4O4S2/c1-2-26-14-8-10-15(11-9-14)28(24,25)19-12-16-21-22-18(27-16)17(23)20-13-6-4-3-5-7-13/h3-11,19H,2,12H2,1H3,(H,20,23). The Labute approximate surface area is 166 Å². The van der Waals surface area contributed by atoms with Crippen LogP contribution in [0.2, 0.25) is 0 Å². The maximum Gasteiger partial charge on any atom is 0.286 e. The molecule has 1 aromatic heterocycles. The van der Waals surface area contributed by atoms with Crippen LogP contribution in [0.1, 0.15) is 21.7 Å². The van der Waals surface area contributed by atoms with Crippen molar-refractivity contribution in [2.24, 2.45) is 0 Å². The molecule has 2 aromatic carbocycles. The highest BCUT2D eigenvalue weighted by atomic mass is 32.2. The average Bonchev–Trinajstić information content (AvgIpc) is 3.17. The van der Waals surface area contributed by atoms with Gasteiger partial charge in [-0.15, -0.1) is 10.2 Å². The lowest BCUT2D eigenvalue weighted by molar-refractivity contribution is 0.102. The number of hydrogen-bond acceptors (Lipinski definition) is 7. The number of carbonyl (C=O) groups excluding carboxylic acids is 1. The van der Waals surface area contributed by atoms with E-state index < -0.39 is 15.9 Å². The fourth-order valence-corrected chi connectivity index (χ4v) is 4.00. The molecule has 0 aliphatic heterocycles. The minimum atomic E-state index is -3.72. The Morgan fingerprint density at radius 2 is 1.79 bits per heavy atom. The van der Waals surface area contributed by atoms with Gasteiger partial charge in [-0.05, 0) is 43.3 Å². The van der Waals surface area contributed by atoms with Crippen molar-refractivity contribution in [1.82, 2.24) is 14.9 Å². The molecule has 28 heavy (non-hydrogen) atoms. The summed E-state index contributed by atoms with van der Waals surface area (Å²) in [6.45, 7) is 2.29. The summed E-state index contributed by atoms with van der Waals surface area (Å²) < 4.78 is 32.5. The maximum absolute atomic E-state index is 12.4. The Balaban J connectivity index is 1.61. The Kier molecular flexibility index (Phi) is 6.34. The highest BCUT2D eigenvalue weighted by Gasteiger charge is 2.17. The van der Waals surface area contributed by atoms with E-state index in [9.17, 15) is 13.2 Å². The van der Waals surface area contributed by atoms with Gasteiger partial charge in [-0.2, -0.15) is 0 Å². The first kappa shape index (κ1) is 19.9. The normalized spacial score (nSPS) is 11.2. The lowest BCUT2D eigenvalue weighted by Crippen LogP contribution is -2.23. The molecule has 1 amide bonds. The minimum absolute atomic E-state index is 0.0637. The summed E-state index contributed by atoms with van der Waals surface area (Å²) in [6.07, 6.45) is 0. The summed E-state index contributed by atoms with van der Waals surface area (Å²) in [7, 11) is -3.72. The summed E-state index contributed by atoms with van der Waals surface area (Å²) in [5.74, 6) is 0.198. The van der Waals surface area contributed by atoms with Crippen molar-refractivity contribution in [1.29, 1.82) is 0 Å². The molecule has 0 unspecified atom stereocenters. The Hall–Kier alpha value is -2.82. The summed E-state index contributed by atoms with van der Waals surface area (Å²) in [6, 6.07) is 15.1. The zero-order valence-electron chi connectivity index (χ0n) is 15.0. The summed E-state index contributed by atoms with van der Waals surface area (Å²) in [4.78, 5) is 12.3. The second-order valence-corrected chi connectivity index (χ2v) is 8.38. The fourth-order valence-electron chi connectivity index (χ4n) is 2.24. The summed E-state index contributed by atoms with van der Waals surface area (Å²) in [5, 5.41) is 10.9. The molecular formula is C18H18N4O4S2. The van der Waals surface area contributed by atoms with Gasteiger partial charge >= 0.3 is 0 Å². The number of sulfonamides is 1. The van der Waals surface area contributed by atoms with Crippen LogP contribution < -0.4 is 14.8 Å². The third-order valence-corrected chi connectivity index (χ3v) is 5.89. The molecule has 0 atom stereocenters. The van der Waals surface area contributed by atoms with Crippen LogP contribution in [0.4, 0.5) is 5.69 Å². The molecule has 0 fully saturated rings. The molecule has 0 bridgehead atoms. The summed E-state index contributed by atoms with van der Waals surface area (Å²) in [5.41, 5.74) is 0.639. The maximum atomic E-state index is 12.4. The molecule has 0 aliphatic carbocycles. The number of ether oxygens (including phenoxy) is 1. The Morgan fingerprint density at radius 3 is 2.46 bits per heavy atom. The van der Waals surface area contributed by atoms with Crippen LogP contribution in [0.15, 0.2) is 59.5 Å². The largest absolute Gasteiger partial charge is 0.494 e. The number of para-hydroxylation sites is 1. The van der Waals surface area contributed by atoms with E-state index in [-0.39, 0.29) is 16.4 Å². The molecule has 0 radical (unpaired) electrons. The van der Waals surface area contributed by atoms with Crippen LogP contribution in [0.25, 0.3) is 0 Å². The predicted octanol–water partition coefficient (Wildman–Crippen LogP) is 2.67. The number of amides is 1. The molecule has 146 valence electrons. The zero-order chi connectivity index (χ0) is 20.0. The van der Waals surface area contributed by atoms with Crippen molar-refractivity contribution in [3.05, 3.63) is 64.6 Å². The van der Waals surface area contributed by atoms with Crippen molar-refractivity contribution >= 4 is 33.0 Å². The molecular weight excluding hydrogens is 400 g/mol. The van der Waals surface area contributed by atoms with Crippen molar-refractivity contribution in [3.8, 4) is 5.75 Å². The van der Waals surface area contributed by atoms with Crippen LogP contribution in [0, 0.1) is 0 Å². The SMILES string of the molecule is CCOc1ccc(S(=O)(=O)NCc2nnc(C(=O)Nc3ccccc3)s2)cc1. The fraction of sp³-hybridized carbons (Fsp3) is 0.167. The lowest BCUT2D eigenvalue weighted by Gasteiger charge is -2.06. The quantitative estimate of drug-likeness (QED) is 0.582. The highest BCUT2D eigenvalue weighted by molar-refractivity contribution is 7.89. The molecule has 0 aliphatic rings. The first-order valence-electron chi connectivity index (χ1n) is 8.39. The molecule has 10 heteroatoms. The number of carbonyl (C=O) groups is 1. The van der Waals surface area contributed by atoms with E-state index in [2.05, 4.69) is 20.2 Å². The van der Waals surface area contributed by atoms with Crippen LogP contribution in [-0.2, 0) is 16.6 Å². The first-order valence-corrected chi connectivity index (χ1v) is 10.7. The van der Waals surface area contributed by atoms with E-state index in [4.69, 9.17) is 4.74 Å². The number of nitrogens with one attached hydrogen (secondary N) is 2. The number of benzene rings is 2. The topological polar surface area (TPSA) is 110 Å². The third-order valence-electron chi connectivity index (χ3n) is 3.55. The van der Waals surface area contributed by atoms with Gasteiger partial charge in [0.15, 0.2) is 0 Å². The van der Waals surface area contributed by atoms with Crippen molar-refractivity contribution in [2.75, 3.05) is 11.9 Å². The van der Waals surface area contributed by atoms with E-state index in [0.29, 0.717) is 23.1 Å². The van der Waals surface area contributed by atoms with Gasteiger partial charge in [-0.1, -0.05) is 29.5 Å². The molecule has 1 heterocycles. The molecule has 8 nitrogen and oxygen atoms in total. The lowest BCUT2D eigenvalue weighted by atomic mass is 10.3. The Morgan fingerprint density at radius 1 is 1.07 bits per heavy atom. The van der Waals surface area contributed by atoms with Crippen LogP contribution in [0.5, 0.6) is 5.75 Å². The van der Waals surface area contributed by atoms with Gasteiger partial charge in [0.05, 0.1) is 18.0 Å². The molecule has 0 saturated carbocycles. The van der Waals surface area contributed by atoms with Gasteiger partial charge in [0.25, 0.3) is 5.91 Å². The smallest absolute Gasteiger partial charge is 0.286 e. The van der Waals surface area contributed by atoms with Crippen molar-refractivity contribution in [3.63, 3.8) is 0 Å². The Bertz CT molecular complexity index is 1030. The van der Waals surface area contributed by atoms with Gasteiger partial charge < -0.3 is 10.1 Å². The zero-order valence-corrected chi connectivity index (χ0v) is 16.6. The molecule has 2 N–H and O–H groups in total. The van der Waals surface area contributed by atoms with Gasteiger partial charge in [0.1, 0.15) is 10.8 Å². The van der Waals surface area contributed by atoms with E-state index >= 15 is 0 Å². The molecule has 0 saturated heterocycles. The number of anilines is 1. The second kappa shape index (κ2) is 8.91. The third kappa shape index (κ3) is 5.12. The van der Waals surface area contributed by atoms with Crippen molar-refractivity contribution < 1.29 is 17.9 Å². The monoisotopic (exact) mass is 418 g/mol. The van der Waals surface area contributed by atoms with Gasteiger partial charge in [0.2, 0.25) is 15.0 Å². The van der Waals surface area contributed by atoms with E-state index in [1.807, 2.05) is 13.0 Å². The number of nitrogens with zero attached hydrogens (tertiary/aromatic N) is 2. The van der Waals surface area contributed by atoms with Crippen molar-refractivity contribution in [2.45, 2.75) is 18.4 Å². The van der Waals surface area contributed by atoms with Crippen LogP contribution in [-0.4, -0.2) is 31.1 Å². The van der Waals surface area contributed by atoms with Gasteiger partial charge in [0, 0.05) is 5.69 Å². The number of aromatic nitrogens is 2. The summed E-state index contributed by atoms with van der Waals surface area (Å²) >= 11 is 1.02. The first-order chi connectivity index (χ1) is 13.5. The van der Waals surface area contributed by atoms with Gasteiger partial charge in [-0.3, -0.25) is 4.79 Å². The molecule has 3 rings (SSSR count). The van der Waals surface area contributed by atoms with E-state index in [1.165, 1.54) is 12.1 Å². The molecule has 3 aromatic rings. The number of hydrogen-bond donors (Lipinski definition) is 2. The predicted molar refractivity (Wildman–Crippen MR) is 106 cm³/mol. The van der Waals surface area contributed by atoms with E-state index in [0.717, 1.165) is 11.3 Å². The molecule has 0 spiro atoms. The van der Waals surface area contributed by atoms with Gasteiger partial charge in [-0.25, -0.2) is 13.1 Å². The second-order valence-electron chi connectivity index (χ2n) is 5.55. The van der Waals surface area contributed by atoms with Crippen LogP contribution in [0.3, 0.4) is 0 Å².